The van der Waals surface area contributed by atoms with Crippen molar-refractivity contribution in [1.29, 1.82) is 0 Å². The van der Waals surface area contributed by atoms with Crippen LogP contribution in [-0.2, 0) is 6.42 Å². The summed E-state index contributed by atoms with van der Waals surface area (Å²) in [6.45, 7) is 2.12. The monoisotopic (exact) mass is 374 g/mol. The first kappa shape index (κ1) is 13.3. The van der Waals surface area contributed by atoms with Crippen LogP contribution in [0.2, 0.25) is 0 Å². The van der Waals surface area contributed by atoms with Gasteiger partial charge >= 0.3 is 0 Å². The number of aliphatic hydroxyl groups is 1. The lowest BCUT2D eigenvalue weighted by atomic mass is 10.1. The van der Waals surface area contributed by atoms with E-state index in [0.717, 1.165) is 25.8 Å². The second kappa shape index (κ2) is 5.65. The third-order valence-corrected chi connectivity index (χ3v) is 5.02. The van der Waals surface area contributed by atoms with Crippen LogP contribution in [0.15, 0.2) is 39.3 Å². The SMILES string of the molecule is CCc1ccc(C(O)c2ccc(Br)cc2Br)s1. The lowest BCUT2D eigenvalue weighted by Gasteiger charge is -2.11. The van der Waals surface area contributed by atoms with Crippen molar-refractivity contribution in [3.8, 4) is 0 Å². The molecule has 0 amide bonds. The van der Waals surface area contributed by atoms with Gasteiger partial charge in [0.1, 0.15) is 6.10 Å². The van der Waals surface area contributed by atoms with Crippen LogP contribution in [0.1, 0.15) is 28.3 Å². The lowest BCUT2D eigenvalue weighted by molar-refractivity contribution is 0.223. The maximum atomic E-state index is 10.3. The predicted octanol–water partition coefficient (Wildman–Crippen LogP) is 4.92. The van der Waals surface area contributed by atoms with Gasteiger partial charge in [-0.05, 0) is 30.7 Å². The van der Waals surface area contributed by atoms with E-state index in [9.17, 15) is 5.11 Å². The van der Waals surface area contributed by atoms with E-state index in [4.69, 9.17) is 0 Å². The van der Waals surface area contributed by atoms with E-state index in [1.165, 1.54) is 4.88 Å². The molecular weight excluding hydrogens is 364 g/mol. The second-order valence-corrected chi connectivity index (χ2v) is 6.70. The molecule has 1 heterocycles. The standard InChI is InChI=1S/C13H12Br2OS/c1-2-9-4-6-12(17-9)13(16)10-5-3-8(14)7-11(10)15/h3-7,13,16H,2H2,1H3. The molecule has 2 aromatic rings. The Kier molecular flexibility index (Phi) is 4.42. The van der Waals surface area contributed by atoms with Gasteiger partial charge in [-0.25, -0.2) is 0 Å². The first-order valence-corrected chi connectivity index (χ1v) is 7.73. The van der Waals surface area contributed by atoms with Crippen molar-refractivity contribution in [2.75, 3.05) is 0 Å². The smallest absolute Gasteiger partial charge is 0.114 e. The van der Waals surface area contributed by atoms with E-state index < -0.39 is 6.10 Å². The lowest BCUT2D eigenvalue weighted by Crippen LogP contribution is -1.97. The molecule has 4 heteroatoms. The molecule has 90 valence electrons. The van der Waals surface area contributed by atoms with Crippen molar-refractivity contribution in [2.24, 2.45) is 0 Å². The van der Waals surface area contributed by atoms with Gasteiger partial charge in [-0.3, -0.25) is 0 Å². The van der Waals surface area contributed by atoms with Gasteiger partial charge < -0.3 is 5.11 Å². The molecule has 0 saturated carbocycles. The summed E-state index contributed by atoms with van der Waals surface area (Å²) >= 11 is 8.56. The molecule has 0 fully saturated rings. The third-order valence-electron chi connectivity index (χ3n) is 2.56. The van der Waals surface area contributed by atoms with Gasteiger partial charge in [-0.2, -0.15) is 0 Å². The number of hydrogen-bond donors (Lipinski definition) is 1. The van der Waals surface area contributed by atoms with Crippen LogP contribution in [-0.4, -0.2) is 5.11 Å². The number of halogens is 2. The van der Waals surface area contributed by atoms with Crippen molar-refractivity contribution in [3.63, 3.8) is 0 Å². The van der Waals surface area contributed by atoms with E-state index in [0.29, 0.717) is 0 Å². The van der Waals surface area contributed by atoms with Crippen LogP contribution in [0, 0.1) is 0 Å². The van der Waals surface area contributed by atoms with Crippen molar-refractivity contribution in [3.05, 3.63) is 54.6 Å². The molecule has 0 radical (unpaired) electrons. The number of thiophene rings is 1. The van der Waals surface area contributed by atoms with Gasteiger partial charge in [0.15, 0.2) is 0 Å². The van der Waals surface area contributed by atoms with Gasteiger partial charge in [-0.1, -0.05) is 44.8 Å². The highest BCUT2D eigenvalue weighted by molar-refractivity contribution is 9.11. The zero-order valence-electron chi connectivity index (χ0n) is 9.28. The molecule has 0 aliphatic rings. The zero-order valence-corrected chi connectivity index (χ0v) is 13.3. The largest absolute Gasteiger partial charge is 0.383 e. The number of benzene rings is 1. The fourth-order valence-electron chi connectivity index (χ4n) is 1.61. The molecule has 1 unspecified atom stereocenters. The fourth-order valence-corrected chi connectivity index (χ4v) is 3.83. The molecule has 1 aromatic heterocycles. The van der Waals surface area contributed by atoms with Crippen LogP contribution >= 0.6 is 43.2 Å². The van der Waals surface area contributed by atoms with Gasteiger partial charge in [0, 0.05) is 24.3 Å². The van der Waals surface area contributed by atoms with E-state index in [-0.39, 0.29) is 0 Å². The van der Waals surface area contributed by atoms with E-state index >= 15 is 0 Å². The molecule has 1 aromatic carbocycles. The van der Waals surface area contributed by atoms with Crippen LogP contribution in [0.4, 0.5) is 0 Å². The summed E-state index contributed by atoms with van der Waals surface area (Å²) in [7, 11) is 0. The van der Waals surface area contributed by atoms with Crippen molar-refractivity contribution >= 4 is 43.2 Å². The summed E-state index contributed by atoms with van der Waals surface area (Å²) in [5.74, 6) is 0. The minimum Gasteiger partial charge on any atom is -0.383 e. The van der Waals surface area contributed by atoms with Crippen molar-refractivity contribution in [2.45, 2.75) is 19.4 Å². The summed E-state index contributed by atoms with van der Waals surface area (Å²) in [6, 6.07) is 9.91. The first-order chi connectivity index (χ1) is 8.11. The van der Waals surface area contributed by atoms with Crippen LogP contribution in [0.5, 0.6) is 0 Å². The maximum absolute atomic E-state index is 10.3. The van der Waals surface area contributed by atoms with Gasteiger partial charge in [0.05, 0.1) is 0 Å². The quantitative estimate of drug-likeness (QED) is 0.807. The summed E-state index contributed by atoms with van der Waals surface area (Å²) in [4.78, 5) is 2.29. The molecule has 0 saturated heterocycles. The Hall–Kier alpha value is -0.160. The molecular formula is C13H12Br2OS. The molecule has 2 rings (SSSR count). The average Bonchev–Trinajstić information content (AvgIpc) is 2.76. The molecule has 1 nitrogen and oxygen atoms in total. The Balaban J connectivity index is 2.33. The minimum atomic E-state index is -0.553. The highest BCUT2D eigenvalue weighted by Crippen LogP contribution is 2.33. The third kappa shape index (κ3) is 2.99. The summed E-state index contributed by atoms with van der Waals surface area (Å²) in [5.41, 5.74) is 0.901. The normalized spacial score (nSPS) is 12.7. The second-order valence-electron chi connectivity index (χ2n) is 3.73. The Morgan fingerprint density at radius 1 is 1.24 bits per heavy atom. The molecule has 0 aliphatic heterocycles. The molecule has 0 aliphatic carbocycles. The van der Waals surface area contributed by atoms with E-state index in [1.54, 1.807) is 11.3 Å². The number of rotatable bonds is 3. The average molecular weight is 376 g/mol. The Morgan fingerprint density at radius 2 is 2.00 bits per heavy atom. The van der Waals surface area contributed by atoms with Crippen LogP contribution in [0.25, 0.3) is 0 Å². The van der Waals surface area contributed by atoms with Crippen molar-refractivity contribution < 1.29 is 5.11 Å². The Morgan fingerprint density at radius 3 is 2.59 bits per heavy atom. The predicted molar refractivity (Wildman–Crippen MR) is 79.6 cm³/mol. The number of aliphatic hydroxyl groups excluding tert-OH is 1. The fraction of sp³-hybridized carbons (Fsp3) is 0.231. The molecule has 0 spiro atoms. The van der Waals surface area contributed by atoms with Gasteiger partial charge in [0.2, 0.25) is 0 Å². The Labute approximate surface area is 122 Å². The van der Waals surface area contributed by atoms with Crippen LogP contribution in [0.3, 0.4) is 0 Å². The molecule has 1 N–H and O–H groups in total. The summed E-state index contributed by atoms with van der Waals surface area (Å²) < 4.78 is 1.92. The van der Waals surface area contributed by atoms with Crippen LogP contribution < -0.4 is 0 Å². The molecule has 0 bridgehead atoms. The molecule has 17 heavy (non-hydrogen) atoms. The van der Waals surface area contributed by atoms with E-state index in [2.05, 4.69) is 44.8 Å². The Bertz CT molecular complexity index is 522. The van der Waals surface area contributed by atoms with Gasteiger partial charge in [-0.15, -0.1) is 11.3 Å². The summed E-state index contributed by atoms with van der Waals surface area (Å²) in [6.07, 6.45) is 0.460. The van der Waals surface area contributed by atoms with Gasteiger partial charge in [0.25, 0.3) is 0 Å². The molecule has 1 atom stereocenters. The maximum Gasteiger partial charge on any atom is 0.114 e. The minimum absolute atomic E-state index is 0.553. The highest BCUT2D eigenvalue weighted by Gasteiger charge is 2.15. The topological polar surface area (TPSA) is 20.2 Å². The summed E-state index contributed by atoms with van der Waals surface area (Å²) in [5, 5.41) is 10.3. The number of hydrogen-bond acceptors (Lipinski definition) is 2. The number of aryl methyl sites for hydroxylation is 1. The van der Waals surface area contributed by atoms with Crippen molar-refractivity contribution in [1.82, 2.24) is 0 Å². The zero-order chi connectivity index (χ0) is 12.4. The van der Waals surface area contributed by atoms with E-state index in [1.807, 2.05) is 24.3 Å². The highest BCUT2D eigenvalue weighted by atomic mass is 79.9. The first-order valence-electron chi connectivity index (χ1n) is 5.33.